The molecule has 80 valence electrons. The lowest BCUT2D eigenvalue weighted by molar-refractivity contribution is 0.692. The second kappa shape index (κ2) is 3.98. The minimum atomic E-state index is 0.620. The average molecular weight is 290 g/mol. The van der Waals surface area contributed by atoms with Crippen LogP contribution in [0, 0.1) is 6.92 Å². The zero-order valence-corrected chi connectivity index (χ0v) is 10.7. The van der Waals surface area contributed by atoms with Gasteiger partial charge in [0.1, 0.15) is 0 Å². The van der Waals surface area contributed by atoms with E-state index in [1.54, 1.807) is 21.8 Å². The number of aryl methyl sites for hydroxylation is 2. The van der Waals surface area contributed by atoms with Gasteiger partial charge in [-0.2, -0.15) is 10.2 Å². The van der Waals surface area contributed by atoms with Crippen LogP contribution in [0.25, 0.3) is 5.82 Å². The van der Waals surface area contributed by atoms with Crippen LogP contribution >= 0.6 is 27.5 Å². The summed E-state index contributed by atoms with van der Waals surface area (Å²) >= 11 is 9.29. The van der Waals surface area contributed by atoms with Crippen molar-refractivity contribution in [1.29, 1.82) is 0 Å². The van der Waals surface area contributed by atoms with Crippen LogP contribution < -0.4 is 0 Å². The molecule has 0 spiro atoms. The Morgan fingerprint density at radius 1 is 1.53 bits per heavy atom. The third-order valence-corrected chi connectivity index (χ3v) is 2.97. The van der Waals surface area contributed by atoms with E-state index in [0.717, 1.165) is 22.4 Å². The molecule has 0 aliphatic heterocycles. The Balaban J connectivity index is 2.61. The van der Waals surface area contributed by atoms with Gasteiger partial charge in [-0.25, -0.2) is 4.68 Å². The van der Waals surface area contributed by atoms with Crippen molar-refractivity contribution in [2.45, 2.75) is 12.3 Å². The maximum Gasteiger partial charge on any atom is 0.156 e. The molecule has 0 atom stereocenters. The molecule has 0 fully saturated rings. The fraction of sp³-hybridized carbons (Fsp3) is 0.333. The van der Waals surface area contributed by atoms with Gasteiger partial charge in [0.05, 0.1) is 23.1 Å². The molecule has 4 nitrogen and oxygen atoms in total. The van der Waals surface area contributed by atoms with Crippen LogP contribution in [0.15, 0.2) is 12.4 Å². The molecule has 0 aromatic carbocycles. The minimum absolute atomic E-state index is 0.620. The smallest absolute Gasteiger partial charge is 0.156 e. The molecule has 2 aromatic rings. The van der Waals surface area contributed by atoms with E-state index in [9.17, 15) is 0 Å². The first-order chi connectivity index (χ1) is 7.13. The number of hydrogen-bond donors (Lipinski definition) is 0. The van der Waals surface area contributed by atoms with E-state index in [-0.39, 0.29) is 0 Å². The Labute approximate surface area is 101 Å². The van der Waals surface area contributed by atoms with Gasteiger partial charge in [-0.3, -0.25) is 4.68 Å². The van der Waals surface area contributed by atoms with Gasteiger partial charge in [0.2, 0.25) is 0 Å². The van der Waals surface area contributed by atoms with Crippen LogP contribution in [0.2, 0.25) is 5.02 Å². The molecular weight excluding hydrogens is 279 g/mol. The summed E-state index contributed by atoms with van der Waals surface area (Å²) in [7, 11) is 1.89. The first-order valence-corrected chi connectivity index (χ1v) is 5.92. The quantitative estimate of drug-likeness (QED) is 0.796. The number of aromatic nitrogens is 4. The van der Waals surface area contributed by atoms with E-state index in [1.807, 2.05) is 14.0 Å². The van der Waals surface area contributed by atoms with E-state index in [0.29, 0.717) is 5.02 Å². The minimum Gasteiger partial charge on any atom is -0.250 e. The standard InChI is InChI=1S/C9H10BrClN4/c1-6-8(3-10)9(14(2)13-6)15-5-7(11)4-12-15/h4-5H,3H2,1-2H3. The van der Waals surface area contributed by atoms with E-state index in [1.165, 1.54) is 0 Å². The van der Waals surface area contributed by atoms with Crippen molar-refractivity contribution in [3.8, 4) is 5.82 Å². The van der Waals surface area contributed by atoms with Gasteiger partial charge in [0.15, 0.2) is 5.82 Å². The number of hydrogen-bond acceptors (Lipinski definition) is 2. The number of halogens is 2. The lowest BCUT2D eigenvalue weighted by Gasteiger charge is -2.03. The van der Waals surface area contributed by atoms with Crippen LogP contribution in [0.3, 0.4) is 0 Å². The Bertz CT molecular complexity index is 488. The Hall–Kier alpha value is -0.810. The van der Waals surface area contributed by atoms with Crippen molar-refractivity contribution in [1.82, 2.24) is 19.6 Å². The highest BCUT2D eigenvalue weighted by atomic mass is 79.9. The summed E-state index contributed by atoms with van der Waals surface area (Å²) in [5.74, 6) is 0.941. The summed E-state index contributed by atoms with van der Waals surface area (Å²) < 4.78 is 3.54. The summed E-state index contributed by atoms with van der Waals surface area (Å²) in [6.45, 7) is 1.98. The molecule has 6 heteroatoms. The summed E-state index contributed by atoms with van der Waals surface area (Å²) in [5, 5.41) is 9.89. The molecule has 0 bridgehead atoms. The third-order valence-electron chi connectivity index (χ3n) is 2.21. The Kier molecular flexibility index (Phi) is 2.84. The molecule has 0 aliphatic rings. The molecule has 0 saturated carbocycles. The largest absolute Gasteiger partial charge is 0.250 e. The van der Waals surface area contributed by atoms with Crippen molar-refractivity contribution >= 4 is 27.5 Å². The van der Waals surface area contributed by atoms with E-state index >= 15 is 0 Å². The zero-order valence-electron chi connectivity index (χ0n) is 8.41. The summed E-state index contributed by atoms with van der Waals surface area (Å²) in [6, 6.07) is 0. The normalized spacial score (nSPS) is 10.9. The molecule has 0 aliphatic carbocycles. The number of nitrogens with zero attached hydrogens (tertiary/aromatic N) is 4. The summed E-state index contributed by atoms with van der Waals surface area (Å²) in [6.07, 6.45) is 3.38. The molecule has 15 heavy (non-hydrogen) atoms. The van der Waals surface area contributed by atoms with Crippen LogP contribution in [-0.2, 0) is 12.4 Å². The molecule has 0 N–H and O–H groups in total. The first kappa shape index (κ1) is 10.7. The van der Waals surface area contributed by atoms with Crippen LogP contribution in [0.5, 0.6) is 0 Å². The predicted octanol–water partition coefficient (Wildman–Crippen LogP) is 2.46. The van der Waals surface area contributed by atoms with Crippen LogP contribution in [0.4, 0.5) is 0 Å². The van der Waals surface area contributed by atoms with Gasteiger partial charge < -0.3 is 0 Å². The molecule has 0 amide bonds. The van der Waals surface area contributed by atoms with Gasteiger partial charge in [-0.1, -0.05) is 27.5 Å². The maximum atomic E-state index is 5.84. The van der Waals surface area contributed by atoms with Gasteiger partial charge in [0.25, 0.3) is 0 Å². The van der Waals surface area contributed by atoms with Gasteiger partial charge in [-0.15, -0.1) is 0 Å². The predicted molar refractivity (Wildman–Crippen MR) is 62.7 cm³/mol. The second-order valence-corrected chi connectivity index (χ2v) is 4.25. The maximum absolute atomic E-state index is 5.84. The highest BCUT2D eigenvalue weighted by molar-refractivity contribution is 9.08. The SMILES string of the molecule is Cc1nn(C)c(-n2cc(Cl)cn2)c1CBr. The van der Waals surface area contributed by atoms with Crippen molar-refractivity contribution in [3.63, 3.8) is 0 Å². The zero-order chi connectivity index (χ0) is 11.0. The molecule has 2 rings (SSSR count). The van der Waals surface area contributed by atoms with Crippen molar-refractivity contribution in [2.24, 2.45) is 7.05 Å². The topological polar surface area (TPSA) is 35.6 Å². The number of rotatable bonds is 2. The van der Waals surface area contributed by atoms with Crippen LogP contribution in [-0.4, -0.2) is 19.6 Å². The fourth-order valence-corrected chi connectivity index (χ4v) is 2.34. The molecule has 2 aromatic heterocycles. The van der Waals surface area contributed by atoms with Crippen molar-refractivity contribution in [3.05, 3.63) is 28.7 Å². The molecule has 0 saturated heterocycles. The molecule has 0 radical (unpaired) electrons. The Morgan fingerprint density at radius 3 is 2.80 bits per heavy atom. The first-order valence-electron chi connectivity index (χ1n) is 4.42. The van der Waals surface area contributed by atoms with E-state index in [2.05, 4.69) is 26.1 Å². The molecule has 0 unspecified atom stereocenters. The average Bonchev–Trinajstić information content (AvgIpc) is 2.70. The van der Waals surface area contributed by atoms with Crippen LogP contribution in [0.1, 0.15) is 11.3 Å². The Morgan fingerprint density at radius 2 is 2.27 bits per heavy atom. The van der Waals surface area contributed by atoms with Crippen molar-refractivity contribution in [2.75, 3.05) is 0 Å². The van der Waals surface area contributed by atoms with Gasteiger partial charge >= 0.3 is 0 Å². The highest BCUT2D eigenvalue weighted by Gasteiger charge is 2.14. The monoisotopic (exact) mass is 288 g/mol. The van der Waals surface area contributed by atoms with Gasteiger partial charge in [0, 0.05) is 17.9 Å². The number of alkyl halides is 1. The second-order valence-electron chi connectivity index (χ2n) is 3.25. The lowest BCUT2D eigenvalue weighted by Crippen LogP contribution is -2.04. The van der Waals surface area contributed by atoms with Crippen molar-refractivity contribution < 1.29 is 0 Å². The van der Waals surface area contributed by atoms with E-state index < -0.39 is 0 Å². The fourth-order valence-electron chi connectivity index (χ4n) is 1.55. The molecular formula is C9H10BrClN4. The third kappa shape index (κ3) is 1.81. The van der Waals surface area contributed by atoms with Gasteiger partial charge in [-0.05, 0) is 6.92 Å². The highest BCUT2D eigenvalue weighted by Crippen LogP contribution is 2.21. The molecule has 2 heterocycles. The summed E-state index contributed by atoms with van der Waals surface area (Å²) in [4.78, 5) is 0. The lowest BCUT2D eigenvalue weighted by atomic mass is 10.3. The summed E-state index contributed by atoms with van der Waals surface area (Å²) in [5.41, 5.74) is 2.12. The van der Waals surface area contributed by atoms with E-state index in [4.69, 9.17) is 11.6 Å².